The molecule has 0 bridgehead atoms. The van der Waals surface area contributed by atoms with E-state index in [1.807, 2.05) is 0 Å². The molecule has 0 fully saturated rings. The second-order valence-corrected chi connectivity index (χ2v) is 12.5. The first-order chi connectivity index (χ1) is 22.3. The first kappa shape index (κ1) is 25.8. The van der Waals surface area contributed by atoms with Crippen molar-refractivity contribution in [3.8, 4) is 44.9 Å². The van der Waals surface area contributed by atoms with Crippen LogP contribution in [-0.2, 0) is 0 Å². The standard InChI is InChI=1S/C42H26N2S/c1-2-12-29(13-3-1)39-41-40(37-16-8-9-17-38(37)45-41)44-42(43-39)36-25-34(32-20-18-27-10-4-6-14-30(27)22-32)24-35(26-36)33-21-19-28-11-5-7-15-31(28)23-33/h1-26H. The number of nitrogens with zero attached hydrogens (tertiary/aromatic N) is 2. The summed E-state index contributed by atoms with van der Waals surface area (Å²) >= 11 is 1.76. The summed E-state index contributed by atoms with van der Waals surface area (Å²) in [5, 5.41) is 6.08. The lowest BCUT2D eigenvalue weighted by Gasteiger charge is -2.13. The van der Waals surface area contributed by atoms with E-state index in [4.69, 9.17) is 9.97 Å². The van der Waals surface area contributed by atoms with Crippen LogP contribution in [0.15, 0.2) is 158 Å². The molecule has 0 unspecified atom stereocenters. The number of rotatable bonds is 4. The highest BCUT2D eigenvalue weighted by molar-refractivity contribution is 7.26. The van der Waals surface area contributed by atoms with Crippen molar-refractivity contribution in [3.63, 3.8) is 0 Å². The third-order valence-electron chi connectivity index (χ3n) is 8.62. The molecule has 0 saturated carbocycles. The molecule has 45 heavy (non-hydrogen) atoms. The van der Waals surface area contributed by atoms with Gasteiger partial charge in [-0.2, -0.15) is 0 Å². The summed E-state index contributed by atoms with van der Waals surface area (Å²) in [7, 11) is 0. The van der Waals surface area contributed by atoms with Gasteiger partial charge in [-0.05, 0) is 80.2 Å². The van der Waals surface area contributed by atoms with Crippen molar-refractivity contribution < 1.29 is 0 Å². The van der Waals surface area contributed by atoms with E-state index in [9.17, 15) is 0 Å². The van der Waals surface area contributed by atoms with E-state index in [-0.39, 0.29) is 0 Å². The molecular weight excluding hydrogens is 565 g/mol. The predicted octanol–water partition coefficient (Wildman–Crippen LogP) is 11.8. The maximum atomic E-state index is 5.31. The SMILES string of the molecule is c1ccc(-c2nc(-c3cc(-c4ccc5ccccc5c4)cc(-c4ccc5ccccc5c4)c3)nc3c2sc2ccccc23)cc1. The minimum atomic E-state index is 0.731. The van der Waals surface area contributed by atoms with Gasteiger partial charge in [-0.3, -0.25) is 0 Å². The molecular formula is C42H26N2S. The normalized spacial score (nSPS) is 11.6. The fourth-order valence-electron chi connectivity index (χ4n) is 6.34. The molecule has 210 valence electrons. The van der Waals surface area contributed by atoms with Crippen LogP contribution in [-0.4, -0.2) is 9.97 Å². The van der Waals surface area contributed by atoms with Gasteiger partial charge in [-0.15, -0.1) is 11.3 Å². The minimum absolute atomic E-state index is 0.731. The van der Waals surface area contributed by atoms with Gasteiger partial charge < -0.3 is 0 Å². The van der Waals surface area contributed by atoms with Crippen molar-refractivity contribution in [2.45, 2.75) is 0 Å². The fourth-order valence-corrected chi connectivity index (χ4v) is 7.49. The van der Waals surface area contributed by atoms with Gasteiger partial charge in [0, 0.05) is 21.2 Å². The number of hydrogen-bond donors (Lipinski definition) is 0. The number of aromatic nitrogens is 2. The molecule has 7 aromatic carbocycles. The lowest BCUT2D eigenvalue weighted by Crippen LogP contribution is -1.95. The molecule has 0 aliphatic rings. The molecule has 0 amide bonds. The van der Waals surface area contributed by atoms with E-state index in [1.54, 1.807) is 11.3 Å². The molecule has 2 aromatic heterocycles. The summed E-state index contributed by atoms with van der Waals surface area (Å²) in [5.74, 6) is 0.731. The minimum Gasteiger partial charge on any atom is -0.226 e. The van der Waals surface area contributed by atoms with E-state index in [0.29, 0.717) is 0 Å². The van der Waals surface area contributed by atoms with Gasteiger partial charge in [0.2, 0.25) is 0 Å². The smallest absolute Gasteiger partial charge is 0.160 e. The Hall–Kier alpha value is -5.64. The van der Waals surface area contributed by atoms with Crippen LogP contribution in [0.25, 0.3) is 86.7 Å². The highest BCUT2D eigenvalue weighted by atomic mass is 32.1. The quantitative estimate of drug-likeness (QED) is 0.204. The maximum Gasteiger partial charge on any atom is 0.160 e. The van der Waals surface area contributed by atoms with Gasteiger partial charge in [0.1, 0.15) is 0 Å². The van der Waals surface area contributed by atoms with Crippen LogP contribution in [0.5, 0.6) is 0 Å². The highest BCUT2D eigenvalue weighted by Gasteiger charge is 2.18. The first-order valence-corrected chi connectivity index (χ1v) is 16.0. The molecule has 0 aliphatic carbocycles. The predicted molar refractivity (Wildman–Crippen MR) is 192 cm³/mol. The Bertz CT molecular complexity index is 2450. The molecule has 3 heteroatoms. The van der Waals surface area contributed by atoms with Gasteiger partial charge in [-0.1, -0.05) is 121 Å². The topological polar surface area (TPSA) is 25.8 Å². The van der Waals surface area contributed by atoms with Crippen LogP contribution in [0.4, 0.5) is 0 Å². The van der Waals surface area contributed by atoms with Crippen molar-refractivity contribution in [3.05, 3.63) is 158 Å². The van der Waals surface area contributed by atoms with Gasteiger partial charge in [0.05, 0.1) is 15.9 Å². The summed E-state index contributed by atoms with van der Waals surface area (Å²) < 4.78 is 2.34. The van der Waals surface area contributed by atoms with Crippen LogP contribution in [0.3, 0.4) is 0 Å². The average molecular weight is 591 g/mol. The molecule has 0 saturated heterocycles. The summed E-state index contributed by atoms with van der Waals surface area (Å²) in [5.41, 5.74) is 8.69. The van der Waals surface area contributed by atoms with Crippen molar-refractivity contribution in [1.82, 2.24) is 9.97 Å². The van der Waals surface area contributed by atoms with Crippen molar-refractivity contribution in [2.24, 2.45) is 0 Å². The number of hydrogen-bond acceptors (Lipinski definition) is 3. The molecule has 0 spiro atoms. The summed E-state index contributed by atoms with van der Waals surface area (Å²) in [6, 6.07) is 56.3. The monoisotopic (exact) mass is 590 g/mol. The Balaban J connectivity index is 1.32. The molecule has 0 N–H and O–H groups in total. The van der Waals surface area contributed by atoms with Crippen LogP contribution in [0, 0.1) is 0 Å². The van der Waals surface area contributed by atoms with Crippen LogP contribution in [0.1, 0.15) is 0 Å². The Labute approximate surface area is 264 Å². The second-order valence-electron chi connectivity index (χ2n) is 11.5. The Morgan fingerprint density at radius 1 is 0.378 bits per heavy atom. The van der Waals surface area contributed by atoms with Crippen LogP contribution < -0.4 is 0 Å². The molecule has 9 rings (SSSR count). The van der Waals surface area contributed by atoms with Gasteiger partial charge in [-0.25, -0.2) is 9.97 Å². The molecule has 0 radical (unpaired) electrons. The Morgan fingerprint density at radius 2 is 0.933 bits per heavy atom. The van der Waals surface area contributed by atoms with Gasteiger partial charge >= 0.3 is 0 Å². The zero-order chi connectivity index (χ0) is 29.7. The number of fused-ring (bicyclic) bond motifs is 5. The molecule has 9 aromatic rings. The van der Waals surface area contributed by atoms with E-state index >= 15 is 0 Å². The zero-order valence-corrected chi connectivity index (χ0v) is 25.1. The second kappa shape index (κ2) is 10.5. The summed E-state index contributed by atoms with van der Waals surface area (Å²) in [6.07, 6.45) is 0. The Morgan fingerprint density at radius 3 is 1.60 bits per heavy atom. The van der Waals surface area contributed by atoms with E-state index in [2.05, 4.69) is 158 Å². The summed E-state index contributed by atoms with van der Waals surface area (Å²) in [6.45, 7) is 0. The zero-order valence-electron chi connectivity index (χ0n) is 24.3. The van der Waals surface area contributed by atoms with Crippen molar-refractivity contribution in [2.75, 3.05) is 0 Å². The first-order valence-electron chi connectivity index (χ1n) is 15.2. The molecule has 0 atom stereocenters. The van der Waals surface area contributed by atoms with Crippen molar-refractivity contribution >= 4 is 53.2 Å². The lowest BCUT2D eigenvalue weighted by molar-refractivity contribution is 1.24. The maximum absolute atomic E-state index is 5.31. The lowest BCUT2D eigenvalue weighted by atomic mass is 9.93. The van der Waals surface area contributed by atoms with Gasteiger partial charge in [0.25, 0.3) is 0 Å². The Kier molecular flexibility index (Phi) is 6.03. The van der Waals surface area contributed by atoms with Crippen LogP contribution >= 0.6 is 11.3 Å². The average Bonchev–Trinajstić information content (AvgIpc) is 3.50. The molecule has 2 nitrogen and oxygen atoms in total. The fraction of sp³-hybridized carbons (Fsp3) is 0. The van der Waals surface area contributed by atoms with E-state index in [1.165, 1.54) is 42.8 Å². The largest absolute Gasteiger partial charge is 0.226 e. The summed E-state index contributed by atoms with van der Waals surface area (Å²) in [4.78, 5) is 10.6. The van der Waals surface area contributed by atoms with Crippen LogP contribution in [0.2, 0.25) is 0 Å². The molecule has 0 aliphatic heterocycles. The third kappa shape index (κ3) is 4.57. The molecule has 2 heterocycles. The van der Waals surface area contributed by atoms with E-state index in [0.717, 1.165) is 44.0 Å². The third-order valence-corrected chi connectivity index (χ3v) is 9.79. The highest BCUT2D eigenvalue weighted by Crippen LogP contribution is 2.40. The van der Waals surface area contributed by atoms with Crippen molar-refractivity contribution in [1.29, 1.82) is 0 Å². The van der Waals surface area contributed by atoms with Gasteiger partial charge in [0.15, 0.2) is 5.82 Å². The van der Waals surface area contributed by atoms with E-state index < -0.39 is 0 Å². The number of thiophene rings is 1. The number of benzene rings is 7.